The normalized spacial score (nSPS) is 12.2. The van der Waals surface area contributed by atoms with E-state index >= 15 is 0 Å². The fraction of sp³-hybridized carbons (Fsp3) is 0.333. The van der Waals surface area contributed by atoms with Gasteiger partial charge in [0.1, 0.15) is 11.9 Å². The molecular formula is C12H12F3N4O4S2+. The molecule has 0 saturated carbocycles. The highest BCUT2D eigenvalue weighted by Crippen LogP contribution is 2.32. The molecule has 13 heteroatoms. The molecule has 0 aliphatic rings. The lowest BCUT2D eigenvalue weighted by Gasteiger charge is -2.06. The van der Waals surface area contributed by atoms with Crippen LogP contribution in [0.5, 0.6) is 0 Å². The van der Waals surface area contributed by atoms with Gasteiger partial charge in [-0.15, -0.1) is 4.68 Å². The number of anilines is 1. The van der Waals surface area contributed by atoms with E-state index in [1.54, 1.807) is 0 Å². The van der Waals surface area contributed by atoms with Crippen molar-refractivity contribution in [3.63, 3.8) is 0 Å². The van der Waals surface area contributed by atoms with E-state index in [1.807, 2.05) is 0 Å². The summed E-state index contributed by atoms with van der Waals surface area (Å²) < 4.78 is 62.9. The standard InChI is InChI=1S/C12H11F3N4O4S2/c1-3-25(22,23)7-5-4-6-19(21)8(7)9(20)16-11-18(2)17-10(24-11)12(13,14)15/h4-6H,3H2,1-2H3/p+1. The minimum absolute atomic E-state index is 0.0452. The molecule has 2 aromatic rings. The molecule has 136 valence electrons. The quantitative estimate of drug-likeness (QED) is 0.603. The summed E-state index contributed by atoms with van der Waals surface area (Å²) in [6.07, 6.45) is -3.79. The molecule has 0 atom stereocenters. The van der Waals surface area contributed by atoms with E-state index in [0.29, 0.717) is 0 Å². The highest BCUT2D eigenvalue weighted by Gasteiger charge is 2.40. The van der Waals surface area contributed by atoms with E-state index in [9.17, 15) is 31.6 Å². The predicted molar refractivity (Wildman–Crippen MR) is 79.4 cm³/mol. The van der Waals surface area contributed by atoms with Crippen molar-refractivity contribution in [2.75, 3.05) is 11.1 Å². The zero-order valence-electron chi connectivity index (χ0n) is 12.9. The number of halogens is 3. The SMILES string of the molecule is CCS(=O)(=O)c1ccc[n+]([O-])c1C(=O)Nc1sc(C(F)(F)F)n[n+]1C. The van der Waals surface area contributed by atoms with Gasteiger partial charge >= 0.3 is 22.9 Å². The Morgan fingerprint density at radius 1 is 1.44 bits per heavy atom. The first kappa shape index (κ1) is 19.1. The summed E-state index contributed by atoms with van der Waals surface area (Å²) in [5.41, 5.74) is -0.730. The number of alkyl halides is 3. The number of carbonyl (C=O) groups excluding carboxylic acids is 1. The van der Waals surface area contributed by atoms with Gasteiger partial charge in [-0.2, -0.15) is 23.2 Å². The van der Waals surface area contributed by atoms with Crippen LogP contribution in [0, 0.1) is 5.21 Å². The number of rotatable bonds is 4. The number of aryl methyl sites for hydroxylation is 1. The number of hydrogen-bond acceptors (Lipinski definition) is 6. The van der Waals surface area contributed by atoms with Gasteiger partial charge in [0.05, 0.1) is 5.75 Å². The second-order valence-electron chi connectivity index (χ2n) is 4.74. The maximum Gasteiger partial charge on any atom is 0.447 e. The topological polar surface area (TPSA) is 107 Å². The largest absolute Gasteiger partial charge is 0.618 e. The first-order valence-corrected chi connectivity index (χ1v) is 9.15. The van der Waals surface area contributed by atoms with Crippen molar-refractivity contribution in [3.05, 3.63) is 34.2 Å². The number of pyridine rings is 1. The molecule has 0 saturated heterocycles. The first-order valence-electron chi connectivity index (χ1n) is 6.68. The molecule has 8 nitrogen and oxygen atoms in total. The first-order chi connectivity index (χ1) is 11.5. The average molecular weight is 397 g/mol. The molecule has 1 N–H and O–H groups in total. The Morgan fingerprint density at radius 3 is 2.60 bits per heavy atom. The molecule has 0 fully saturated rings. The van der Waals surface area contributed by atoms with Gasteiger partial charge in [0.25, 0.3) is 0 Å². The smallest absolute Gasteiger partial charge is 0.447 e. The summed E-state index contributed by atoms with van der Waals surface area (Å²) in [6, 6.07) is 2.23. The van der Waals surface area contributed by atoms with Gasteiger partial charge in [-0.05, 0) is 17.4 Å². The molecule has 0 spiro atoms. The third-order valence-electron chi connectivity index (χ3n) is 3.04. The highest BCUT2D eigenvalue weighted by molar-refractivity contribution is 7.91. The summed E-state index contributed by atoms with van der Waals surface area (Å²) >= 11 is 0.149. The van der Waals surface area contributed by atoms with Crippen molar-refractivity contribution in [2.45, 2.75) is 18.0 Å². The molecule has 0 unspecified atom stereocenters. The lowest BCUT2D eigenvalue weighted by molar-refractivity contribution is -0.713. The number of sulfone groups is 1. The van der Waals surface area contributed by atoms with Crippen molar-refractivity contribution < 1.29 is 35.8 Å². The van der Waals surface area contributed by atoms with Crippen LogP contribution >= 0.6 is 11.3 Å². The molecule has 0 radical (unpaired) electrons. The van der Waals surface area contributed by atoms with E-state index in [1.165, 1.54) is 14.0 Å². The maximum atomic E-state index is 12.7. The van der Waals surface area contributed by atoms with Crippen LogP contribution in [0.2, 0.25) is 0 Å². The maximum absolute atomic E-state index is 12.7. The molecule has 2 rings (SSSR count). The van der Waals surface area contributed by atoms with Crippen molar-refractivity contribution in [1.29, 1.82) is 0 Å². The zero-order valence-corrected chi connectivity index (χ0v) is 14.5. The summed E-state index contributed by atoms with van der Waals surface area (Å²) in [5, 5.41) is 15.7. The second kappa shape index (κ2) is 6.55. The third-order valence-corrected chi connectivity index (χ3v) is 5.87. The zero-order chi connectivity index (χ0) is 19.0. The van der Waals surface area contributed by atoms with Crippen molar-refractivity contribution in [3.8, 4) is 0 Å². The summed E-state index contributed by atoms with van der Waals surface area (Å²) in [7, 11) is -2.73. The lowest BCUT2D eigenvalue weighted by atomic mass is 10.3. The van der Waals surface area contributed by atoms with Crippen LogP contribution in [0.4, 0.5) is 18.3 Å². The van der Waals surface area contributed by atoms with Gasteiger partial charge in [-0.1, -0.05) is 12.0 Å². The van der Waals surface area contributed by atoms with E-state index < -0.39 is 37.5 Å². The number of amides is 1. The van der Waals surface area contributed by atoms with Gasteiger partial charge in [0, 0.05) is 6.07 Å². The van der Waals surface area contributed by atoms with Gasteiger partial charge in [0.15, 0.2) is 16.0 Å². The fourth-order valence-electron chi connectivity index (χ4n) is 1.83. The van der Waals surface area contributed by atoms with Crippen LogP contribution in [0.25, 0.3) is 0 Å². The summed E-state index contributed by atoms with van der Waals surface area (Å²) in [4.78, 5) is 11.8. The molecule has 1 amide bonds. The van der Waals surface area contributed by atoms with Gasteiger partial charge < -0.3 is 5.21 Å². The lowest BCUT2D eigenvalue weighted by Crippen LogP contribution is -2.41. The minimum atomic E-state index is -4.70. The number of nitrogens with zero attached hydrogens (tertiary/aromatic N) is 3. The number of hydrogen-bond donors (Lipinski definition) is 1. The summed E-state index contributed by atoms with van der Waals surface area (Å²) in [6.45, 7) is 1.33. The molecular weight excluding hydrogens is 385 g/mol. The van der Waals surface area contributed by atoms with Crippen molar-refractivity contribution >= 4 is 32.2 Å². The van der Waals surface area contributed by atoms with Crippen LogP contribution < -0.4 is 14.7 Å². The van der Waals surface area contributed by atoms with Gasteiger partial charge in [0.2, 0.25) is 5.01 Å². The van der Waals surface area contributed by atoms with Crippen molar-refractivity contribution in [2.24, 2.45) is 7.05 Å². The van der Waals surface area contributed by atoms with E-state index in [-0.39, 0.29) is 27.0 Å². The average Bonchev–Trinajstić information content (AvgIpc) is 2.88. The molecule has 0 bridgehead atoms. The fourth-order valence-corrected chi connectivity index (χ4v) is 3.68. The van der Waals surface area contributed by atoms with E-state index in [0.717, 1.165) is 23.0 Å². The Labute approximate surface area is 144 Å². The van der Waals surface area contributed by atoms with E-state index in [4.69, 9.17) is 0 Å². The Kier molecular flexibility index (Phi) is 4.99. The Bertz CT molecular complexity index is 925. The van der Waals surface area contributed by atoms with Crippen LogP contribution in [0.15, 0.2) is 23.2 Å². The monoisotopic (exact) mass is 397 g/mol. The summed E-state index contributed by atoms with van der Waals surface area (Å²) in [5.74, 6) is -1.51. The second-order valence-corrected chi connectivity index (χ2v) is 7.96. The van der Waals surface area contributed by atoms with E-state index in [2.05, 4.69) is 10.4 Å². The van der Waals surface area contributed by atoms with Crippen LogP contribution in [0.1, 0.15) is 22.4 Å². The molecule has 2 aromatic heterocycles. The van der Waals surface area contributed by atoms with Crippen molar-refractivity contribution in [1.82, 2.24) is 5.10 Å². The third kappa shape index (κ3) is 3.87. The molecule has 0 aliphatic heterocycles. The van der Waals surface area contributed by atoms with Crippen LogP contribution in [0.3, 0.4) is 0 Å². The number of nitrogens with one attached hydrogen (secondary N) is 1. The molecule has 0 aromatic carbocycles. The predicted octanol–water partition coefficient (Wildman–Crippen LogP) is 0.666. The molecule has 25 heavy (non-hydrogen) atoms. The van der Waals surface area contributed by atoms with Gasteiger partial charge in [-0.25, -0.2) is 13.2 Å². The van der Waals surface area contributed by atoms with Crippen LogP contribution in [-0.2, 0) is 23.1 Å². The Hall–Kier alpha value is -2.28. The molecule has 0 aliphatic carbocycles. The Morgan fingerprint density at radius 2 is 2.08 bits per heavy atom. The Balaban J connectivity index is 2.46. The van der Waals surface area contributed by atoms with Crippen LogP contribution in [-0.4, -0.2) is 25.2 Å². The van der Waals surface area contributed by atoms with Gasteiger partial charge in [-0.3, -0.25) is 0 Å². The minimum Gasteiger partial charge on any atom is -0.618 e. The number of aromatic nitrogens is 3. The number of carbonyl (C=O) groups is 1. The highest BCUT2D eigenvalue weighted by atomic mass is 32.2. The molecule has 2 heterocycles.